The van der Waals surface area contributed by atoms with Gasteiger partial charge in [-0.15, -0.1) is 0 Å². The van der Waals surface area contributed by atoms with E-state index in [-0.39, 0.29) is 12.2 Å². The monoisotopic (exact) mass is 534 g/mol. The van der Waals surface area contributed by atoms with Crippen LogP contribution in [0.1, 0.15) is 44.7 Å². The number of benzene rings is 2. The lowest BCUT2D eigenvalue weighted by atomic mass is 10.2. The predicted molar refractivity (Wildman–Crippen MR) is 147 cm³/mol. The van der Waals surface area contributed by atoms with Crippen LogP contribution in [0.3, 0.4) is 0 Å². The van der Waals surface area contributed by atoms with E-state index in [1.54, 1.807) is 41.3 Å². The Balaban J connectivity index is 1.45. The van der Waals surface area contributed by atoms with Gasteiger partial charge in [0, 0.05) is 26.2 Å². The van der Waals surface area contributed by atoms with E-state index >= 15 is 0 Å². The molecule has 1 unspecified atom stereocenters. The minimum atomic E-state index is -0.595. The van der Waals surface area contributed by atoms with Gasteiger partial charge in [-0.1, -0.05) is 0 Å². The average Bonchev–Trinajstić information content (AvgIpc) is 2.92. The molecule has 2 aromatic rings. The quantitative estimate of drug-likeness (QED) is 0.364. The second-order valence-corrected chi connectivity index (χ2v) is 10.4. The summed E-state index contributed by atoms with van der Waals surface area (Å²) in [6.45, 7) is 10.5. The molecule has 0 spiro atoms. The number of carbonyl (C=O) groups is 1. The number of ether oxygens (including phenoxy) is 4. The van der Waals surface area contributed by atoms with Gasteiger partial charge in [0.2, 0.25) is 0 Å². The number of carbonyl (C=O) groups excluding carboxylic acids is 1. The van der Waals surface area contributed by atoms with E-state index in [0.717, 1.165) is 31.8 Å². The Morgan fingerprint density at radius 2 is 1.54 bits per heavy atom. The van der Waals surface area contributed by atoms with Crippen molar-refractivity contribution in [2.45, 2.75) is 45.3 Å². The molecule has 9 heteroatoms. The molecule has 0 aromatic heterocycles. The van der Waals surface area contributed by atoms with Gasteiger partial charge < -0.3 is 23.8 Å². The number of hydrogen-bond donors (Lipinski definition) is 0. The Morgan fingerprint density at radius 3 is 2.08 bits per heavy atom. The Labute approximate surface area is 231 Å². The molecule has 208 valence electrons. The van der Waals surface area contributed by atoms with E-state index in [9.17, 15) is 4.79 Å². The van der Waals surface area contributed by atoms with E-state index in [4.69, 9.17) is 29.5 Å². The molecule has 1 heterocycles. The molecule has 0 saturated carbocycles. The molecule has 9 nitrogen and oxygen atoms in total. The topological polar surface area (TPSA) is 108 Å². The third kappa shape index (κ3) is 10.8. The summed E-state index contributed by atoms with van der Waals surface area (Å²) in [5, 5.41) is 17.8. The maximum absolute atomic E-state index is 13.0. The van der Waals surface area contributed by atoms with Gasteiger partial charge in [0.25, 0.3) is 0 Å². The van der Waals surface area contributed by atoms with Gasteiger partial charge in [-0.05, 0) is 82.1 Å². The number of nitrogens with zero attached hydrogens (tertiary/aromatic N) is 4. The number of amides is 1. The van der Waals surface area contributed by atoms with E-state index in [1.807, 2.05) is 32.9 Å². The molecule has 0 N–H and O–H groups in total. The summed E-state index contributed by atoms with van der Waals surface area (Å²) in [5.74, 6) is 1.44. The highest BCUT2D eigenvalue weighted by Gasteiger charge is 2.27. The zero-order chi connectivity index (χ0) is 28.1. The average molecular weight is 535 g/mol. The van der Waals surface area contributed by atoms with Crippen LogP contribution < -0.4 is 9.47 Å². The first-order chi connectivity index (χ1) is 18.8. The fourth-order valence-electron chi connectivity index (χ4n) is 4.10. The largest absolute Gasteiger partial charge is 0.494 e. The van der Waals surface area contributed by atoms with Crippen molar-refractivity contribution in [3.63, 3.8) is 0 Å². The summed E-state index contributed by atoms with van der Waals surface area (Å²) < 4.78 is 23.3. The van der Waals surface area contributed by atoms with Crippen LogP contribution in [0.15, 0.2) is 48.5 Å². The lowest BCUT2D eigenvalue weighted by molar-refractivity contribution is -0.0487. The number of morpholine rings is 1. The minimum absolute atomic E-state index is 0.120. The van der Waals surface area contributed by atoms with Crippen LogP contribution in [0, 0.1) is 22.7 Å². The first kappa shape index (κ1) is 29.8. The zero-order valence-electron chi connectivity index (χ0n) is 23.1. The van der Waals surface area contributed by atoms with Gasteiger partial charge in [-0.3, -0.25) is 4.90 Å². The van der Waals surface area contributed by atoms with E-state index in [2.05, 4.69) is 17.0 Å². The van der Waals surface area contributed by atoms with Crippen LogP contribution >= 0.6 is 0 Å². The van der Waals surface area contributed by atoms with Gasteiger partial charge in [0.05, 0.1) is 55.7 Å². The summed E-state index contributed by atoms with van der Waals surface area (Å²) in [6.07, 6.45) is 1.000. The summed E-state index contributed by atoms with van der Waals surface area (Å²) >= 11 is 0. The highest BCUT2D eigenvalue weighted by Crippen LogP contribution is 2.16. The van der Waals surface area contributed by atoms with Crippen molar-refractivity contribution in [3.8, 4) is 23.6 Å². The molecule has 1 amide bonds. The number of hydrogen-bond acceptors (Lipinski definition) is 8. The Morgan fingerprint density at radius 1 is 0.974 bits per heavy atom. The van der Waals surface area contributed by atoms with Crippen molar-refractivity contribution in [1.29, 1.82) is 10.5 Å². The van der Waals surface area contributed by atoms with E-state index in [1.165, 1.54) is 0 Å². The highest BCUT2D eigenvalue weighted by molar-refractivity contribution is 5.68. The Bertz CT molecular complexity index is 1120. The fourth-order valence-corrected chi connectivity index (χ4v) is 4.10. The maximum Gasteiger partial charge on any atom is 0.410 e. The Hall–Kier alpha value is -3.79. The summed E-state index contributed by atoms with van der Waals surface area (Å²) in [7, 11) is 0. The van der Waals surface area contributed by atoms with Crippen LogP contribution in [0.25, 0.3) is 0 Å². The molecule has 0 radical (unpaired) electrons. The van der Waals surface area contributed by atoms with Gasteiger partial charge in [-0.25, -0.2) is 4.79 Å². The first-order valence-electron chi connectivity index (χ1n) is 13.3. The van der Waals surface area contributed by atoms with Crippen molar-refractivity contribution < 1.29 is 23.7 Å². The highest BCUT2D eigenvalue weighted by atomic mass is 16.6. The summed E-state index contributed by atoms with van der Waals surface area (Å²) in [6, 6.07) is 18.3. The van der Waals surface area contributed by atoms with Crippen molar-refractivity contribution in [3.05, 3.63) is 59.7 Å². The second-order valence-electron chi connectivity index (χ2n) is 10.4. The van der Waals surface area contributed by atoms with Crippen molar-refractivity contribution in [1.82, 2.24) is 9.80 Å². The van der Waals surface area contributed by atoms with E-state index in [0.29, 0.717) is 56.2 Å². The molecule has 1 atom stereocenters. The molecule has 1 saturated heterocycles. The third-order valence-corrected chi connectivity index (χ3v) is 5.99. The molecule has 2 aromatic carbocycles. The van der Waals surface area contributed by atoms with Gasteiger partial charge >= 0.3 is 6.09 Å². The molecule has 1 aliphatic heterocycles. The van der Waals surface area contributed by atoms with Crippen molar-refractivity contribution in [2.24, 2.45) is 0 Å². The predicted octanol–water partition coefficient (Wildman–Crippen LogP) is 4.61. The zero-order valence-corrected chi connectivity index (χ0v) is 23.1. The van der Waals surface area contributed by atoms with Crippen molar-refractivity contribution >= 4 is 6.09 Å². The molecule has 1 fully saturated rings. The minimum Gasteiger partial charge on any atom is -0.494 e. The third-order valence-electron chi connectivity index (χ3n) is 5.99. The fraction of sp³-hybridized carbons (Fsp3) is 0.500. The van der Waals surface area contributed by atoms with Gasteiger partial charge in [0.15, 0.2) is 0 Å². The van der Waals surface area contributed by atoms with Gasteiger partial charge in [-0.2, -0.15) is 10.5 Å². The van der Waals surface area contributed by atoms with Crippen LogP contribution in [0.4, 0.5) is 4.79 Å². The molecule has 3 rings (SSSR count). The molecule has 0 aliphatic carbocycles. The lowest BCUT2D eigenvalue weighted by Gasteiger charge is -2.36. The molecular formula is C30H38N4O5. The smallest absolute Gasteiger partial charge is 0.410 e. The first-order valence-corrected chi connectivity index (χ1v) is 13.3. The number of rotatable bonds is 12. The SMILES string of the molecule is CC(C)(C)OC(=O)N(CCCOc1ccc(C#N)cc1)CC1CN(CCCOc2ccc(C#N)cc2)CCO1. The maximum atomic E-state index is 13.0. The normalized spacial score (nSPS) is 15.6. The van der Waals surface area contributed by atoms with Gasteiger partial charge in [0.1, 0.15) is 17.1 Å². The lowest BCUT2D eigenvalue weighted by Crippen LogP contribution is -2.50. The van der Waals surface area contributed by atoms with Crippen LogP contribution in [0.2, 0.25) is 0 Å². The second kappa shape index (κ2) is 15.0. The number of nitriles is 2. The Kier molecular flexibility index (Phi) is 11.4. The van der Waals surface area contributed by atoms with E-state index < -0.39 is 5.60 Å². The van der Waals surface area contributed by atoms with Crippen molar-refractivity contribution in [2.75, 3.05) is 52.5 Å². The molecule has 1 aliphatic rings. The van der Waals surface area contributed by atoms with Crippen LogP contribution in [-0.4, -0.2) is 80.1 Å². The van der Waals surface area contributed by atoms with Crippen LogP contribution in [0.5, 0.6) is 11.5 Å². The standard InChI is InChI=1S/C30H38N4O5/c1-30(2,3)39-29(35)34(15-5-18-37-27-12-8-25(21-32)9-13-27)23-28-22-33(16-19-38-28)14-4-17-36-26-10-6-24(20-31)7-11-26/h6-13,28H,4-5,14-19,22-23H2,1-3H3. The molecular weight excluding hydrogens is 496 g/mol. The van der Waals surface area contributed by atoms with Crippen LogP contribution in [-0.2, 0) is 9.47 Å². The molecule has 39 heavy (non-hydrogen) atoms. The summed E-state index contributed by atoms with van der Waals surface area (Å²) in [5.41, 5.74) is 0.600. The molecule has 0 bridgehead atoms. The summed E-state index contributed by atoms with van der Waals surface area (Å²) in [4.78, 5) is 17.0.